The lowest BCUT2D eigenvalue weighted by atomic mass is 9.78. The molecule has 0 aromatic heterocycles. The molecule has 3 heteroatoms. The van der Waals surface area contributed by atoms with Gasteiger partial charge in [0, 0.05) is 6.61 Å². The van der Waals surface area contributed by atoms with E-state index in [1.54, 1.807) is 12.5 Å². The molecule has 2 rings (SSSR count). The lowest BCUT2D eigenvalue weighted by Crippen LogP contribution is -2.32. The summed E-state index contributed by atoms with van der Waals surface area (Å²) in [6, 6.07) is 0. The summed E-state index contributed by atoms with van der Waals surface area (Å²) in [6.07, 6.45) is 8.15. The van der Waals surface area contributed by atoms with Gasteiger partial charge < -0.3 is 4.74 Å². The van der Waals surface area contributed by atoms with Crippen LogP contribution in [0.3, 0.4) is 0 Å². The molecule has 0 heterocycles. The molecule has 0 aliphatic heterocycles. The minimum absolute atomic E-state index is 0.593. The average Bonchev–Trinajstić information content (AvgIpc) is 2.98. The van der Waals surface area contributed by atoms with Crippen LogP contribution in [0.15, 0.2) is 0 Å². The SMILES string of the molecule is CCC1C2CC(OCC(C)C)C(C2)C1C.CS.CS. The summed E-state index contributed by atoms with van der Waals surface area (Å²) in [5.41, 5.74) is 0. The number of hydrogen-bond acceptors (Lipinski definition) is 3. The Hall–Kier alpha value is 0.660. The summed E-state index contributed by atoms with van der Waals surface area (Å²) < 4.78 is 6.06. The number of thiol groups is 2. The van der Waals surface area contributed by atoms with Crippen molar-refractivity contribution in [3.8, 4) is 0 Å². The number of rotatable bonds is 4. The summed E-state index contributed by atoms with van der Waals surface area (Å²) in [4.78, 5) is 0. The molecule has 2 aliphatic rings. The van der Waals surface area contributed by atoms with Gasteiger partial charge in [0.1, 0.15) is 0 Å². The lowest BCUT2D eigenvalue weighted by Gasteiger charge is -2.33. The zero-order valence-corrected chi connectivity index (χ0v) is 15.4. The number of hydrogen-bond donors (Lipinski definition) is 2. The molecule has 0 aromatic carbocycles. The van der Waals surface area contributed by atoms with E-state index in [4.69, 9.17) is 4.74 Å². The predicted octanol–water partition coefficient (Wildman–Crippen LogP) is 4.82. The van der Waals surface area contributed by atoms with Gasteiger partial charge in [-0.25, -0.2) is 0 Å². The largest absolute Gasteiger partial charge is 0.378 e. The second kappa shape index (κ2) is 10.4. The molecule has 0 radical (unpaired) electrons. The Kier molecular flexibility index (Phi) is 10.8. The molecule has 2 fully saturated rings. The van der Waals surface area contributed by atoms with Gasteiger partial charge in [-0.15, -0.1) is 0 Å². The van der Waals surface area contributed by atoms with Crippen LogP contribution in [-0.4, -0.2) is 25.2 Å². The fraction of sp³-hybridized carbons (Fsp3) is 1.00. The lowest BCUT2D eigenvalue weighted by molar-refractivity contribution is -0.0236. The second-order valence-corrected chi connectivity index (χ2v) is 6.09. The van der Waals surface area contributed by atoms with Crippen molar-refractivity contribution in [1.29, 1.82) is 0 Å². The van der Waals surface area contributed by atoms with Crippen molar-refractivity contribution >= 4 is 25.3 Å². The Morgan fingerprint density at radius 2 is 1.68 bits per heavy atom. The van der Waals surface area contributed by atoms with Crippen LogP contribution in [-0.2, 0) is 4.74 Å². The highest BCUT2D eigenvalue weighted by molar-refractivity contribution is 7.79. The zero-order chi connectivity index (χ0) is 15.0. The van der Waals surface area contributed by atoms with Gasteiger partial charge in [-0.3, -0.25) is 0 Å². The van der Waals surface area contributed by atoms with Crippen LogP contribution < -0.4 is 0 Å². The highest BCUT2D eigenvalue weighted by Gasteiger charge is 2.50. The Morgan fingerprint density at radius 1 is 1.11 bits per heavy atom. The van der Waals surface area contributed by atoms with E-state index < -0.39 is 0 Å². The summed E-state index contributed by atoms with van der Waals surface area (Å²) in [7, 11) is 0. The third-order valence-corrected chi connectivity index (χ3v) is 4.66. The quantitative estimate of drug-likeness (QED) is 0.708. The molecule has 0 saturated heterocycles. The van der Waals surface area contributed by atoms with Crippen LogP contribution in [0.4, 0.5) is 0 Å². The normalized spacial score (nSPS) is 35.5. The van der Waals surface area contributed by atoms with E-state index in [0.717, 1.165) is 30.3 Å². The summed E-state index contributed by atoms with van der Waals surface area (Å²) in [5, 5.41) is 0. The first-order valence-corrected chi connectivity index (χ1v) is 9.43. The molecule has 2 bridgehead atoms. The average molecular weight is 307 g/mol. The van der Waals surface area contributed by atoms with Crippen LogP contribution >= 0.6 is 25.3 Å². The van der Waals surface area contributed by atoms with Crippen molar-refractivity contribution in [3.63, 3.8) is 0 Å². The van der Waals surface area contributed by atoms with E-state index >= 15 is 0 Å². The van der Waals surface area contributed by atoms with Crippen molar-refractivity contribution in [3.05, 3.63) is 0 Å². The maximum Gasteiger partial charge on any atom is 0.0608 e. The first-order valence-electron chi connectivity index (χ1n) is 7.64. The Bertz CT molecular complexity index is 219. The summed E-state index contributed by atoms with van der Waals surface area (Å²) in [6.45, 7) is 10.2. The zero-order valence-electron chi connectivity index (χ0n) is 13.6. The van der Waals surface area contributed by atoms with Gasteiger partial charge in [-0.2, -0.15) is 25.3 Å². The first-order chi connectivity index (χ1) is 9.13. The molecular weight excluding hydrogens is 272 g/mol. The summed E-state index contributed by atoms with van der Waals surface area (Å²) >= 11 is 7.06. The molecule has 1 nitrogen and oxygen atoms in total. The van der Waals surface area contributed by atoms with Crippen LogP contribution in [0.1, 0.15) is 47.0 Å². The van der Waals surface area contributed by atoms with E-state index in [0.29, 0.717) is 12.0 Å². The van der Waals surface area contributed by atoms with Crippen molar-refractivity contribution in [1.82, 2.24) is 0 Å². The van der Waals surface area contributed by atoms with Gasteiger partial charge in [0.25, 0.3) is 0 Å². The maximum atomic E-state index is 6.06. The van der Waals surface area contributed by atoms with E-state index in [1.807, 2.05) is 0 Å². The topological polar surface area (TPSA) is 9.23 Å². The fourth-order valence-corrected chi connectivity index (χ4v) is 3.93. The van der Waals surface area contributed by atoms with Crippen molar-refractivity contribution < 1.29 is 4.74 Å². The van der Waals surface area contributed by atoms with Gasteiger partial charge in [-0.1, -0.05) is 34.1 Å². The Labute approximate surface area is 132 Å². The fourth-order valence-electron chi connectivity index (χ4n) is 3.93. The van der Waals surface area contributed by atoms with E-state index in [-0.39, 0.29) is 0 Å². The first kappa shape index (κ1) is 19.7. The highest BCUT2D eigenvalue weighted by atomic mass is 32.1. The van der Waals surface area contributed by atoms with Gasteiger partial charge >= 0.3 is 0 Å². The molecular formula is C16H34OS2. The van der Waals surface area contributed by atoms with Crippen molar-refractivity contribution in [2.24, 2.45) is 29.6 Å². The van der Waals surface area contributed by atoms with Crippen molar-refractivity contribution in [2.75, 3.05) is 19.1 Å². The molecule has 0 amide bonds. The monoisotopic (exact) mass is 306 g/mol. The third-order valence-electron chi connectivity index (χ3n) is 4.66. The molecule has 19 heavy (non-hydrogen) atoms. The van der Waals surface area contributed by atoms with Crippen LogP contribution in [0.25, 0.3) is 0 Å². The minimum Gasteiger partial charge on any atom is -0.378 e. The van der Waals surface area contributed by atoms with Gasteiger partial charge in [0.2, 0.25) is 0 Å². The highest BCUT2D eigenvalue weighted by Crippen LogP contribution is 2.54. The molecule has 5 unspecified atom stereocenters. The van der Waals surface area contributed by atoms with E-state index in [9.17, 15) is 0 Å². The standard InChI is InChI=1S/C14H26O.2CH4S/c1-5-12-10(4)13-6-11(12)7-14(13)15-8-9(2)3;2*1-2/h9-14H,5-8H2,1-4H3;2*2H,1H3. The molecule has 116 valence electrons. The van der Waals surface area contributed by atoms with Crippen molar-refractivity contribution in [2.45, 2.75) is 53.1 Å². The number of fused-ring (bicyclic) bond motifs is 2. The minimum atomic E-state index is 0.593. The van der Waals surface area contributed by atoms with Gasteiger partial charge in [0.15, 0.2) is 0 Å². The Morgan fingerprint density at radius 3 is 2.11 bits per heavy atom. The van der Waals surface area contributed by atoms with Crippen LogP contribution in [0.2, 0.25) is 0 Å². The van der Waals surface area contributed by atoms with Gasteiger partial charge in [0.05, 0.1) is 6.10 Å². The smallest absolute Gasteiger partial charge is 0.0608 e. The molecule has 2 aliphatic carbocycles. The summed E-state index contributed by atoms with van der Waals surface area (Å²) in [5.74, 6) is 4.44. The molecule has 0 aromatic rings. The maximum absolute atomic E-state index is 6.06. The number of ether oxygens (including phenoxy) is 1. The van der Waals surface area contributed by atoms with Crippen LogP contribution in [0, 0.1) is 29.6 Å². The van der Waals surface area contributed by atoms with Crippen LogP contribution in [0.5, 0.6) is 0 Å². The second-order valence-electron chi connectivity index (χ2n) is 6.09. The molecule has 5 atom stereocenters. The van der Waals surface area contributed by atoms with E-state index in [2.05, 4.69) is 53.0 Å². The van der Waals surface area contributed by atoms with E-state index in [1.165, 1.54) is 19.3 Å². The van der Waals surface area contributed by atoms with Gasteiger partial charge in [-0.05, 0) is 54.9 Å². The Balaban J connectivity index is 0.000000741. The molecule has 2 saturated carbocycles. The predicted molar refractivity (Wildman–Crippen MR) is 93.6 cm³/mol. The molecule has 0 spiro atoms. The molecule has 0 N–H and O–H groups in total. The third kappa shape index (κ3) is 5.17.